The van der Waals surface area contributed by atoms with E-state index in [2.05, 4.69) is 0 Å². The van der Waals surface area contributed by atoms with Gasteiger partial charge in [-0.1, -0.05) is 20.8 Å². The fourth-order valence-electron chi connectivity index (χ4n) is 1.23. The molecule has 0 bridgehead atoms. The maximum absolute atomic E-state index is 13.2. The summed E-state index contributed by atoms with van der Waals surface area (Å²) in [7, 11) is 1.49. The van der Waals surface area contributed by atoms with E-state index in [9.17, 15) is 8.78 Å². The second kappa shape index (κ2) is 2.57. The Balaban J connectivity index is 3.32. The minimum absolute atomic E-state index is 0.157. The number of hydrogen-bond donors (Lipinski definition) is 0. The molecule has 0 atom stereocenters. The minimum atomic E-state index is -0.486. The van der Waals surface area contributed by atoms with Gasteiger partial charge >= 0.3 is 0 Å². The van der Waals surface area contributed by atoms with Crippen LogP contribution in [0.4, 0.5) is 8.78 Å². The van der Waals surface area contributed by atoms with Crippen molar-refractivity contribution in [2.75, 3.05) is 0 Å². The average molecular weight is 173 g/mol. The third kappa shape index (κ3) is 1.36. The zero-order valence-corrected chi connectivity index (χ0v) is 7.78. The minimum Gasteiger partial charge on any atom is -0.325 e. The van der Waals surface area contributed by atoms with E-state index < -0.39 is 17.2 Å². The number of nitrogens with zero attached hydrogens (tertiary/aromatic N) is 1. The lowest BCUT2D eigenvalue weighted by Gasteiger charge is -2.16. The molecule has 3 heteroatoms. The Bertz CT molecular complexity index is 294. The van der Waals surface area contributed by atoms with Crippen LogP contribution >= 0.6 is 0 Å². The SMILES string of the molecule is Cn1cc(F)c(C(C)(C)C)c1F. The first-order chi connectivity index (χ1) is 5.34. The molecular weight excluding hydrogens is 160 g/mol. The molecule has 1 heterocycles. The molecule has 0 spiro atoms. The van der Waals surface area contributed by atoms with Crippen LogP contribution in [-0.4, -0.2) is 4.57 Å². The Morgan fingerprint density at radius 1 is 1.25 bits per heavy atom. The highest BCUT2D eigenvalue weighted by atomic mass is 19.1. The number of aryl methyl sites for hydroxylation is 1. The Hall–Kier alpha value is -0.860. The standard InChI is InChI=1S/C9H13F2N/c1-9(2,3)7-6(10)5-12(4)8(7)11/h5H,1-4H3. The monoisotopic (exact) mass is 173 g/mol. The molecule has 0 fully saturated rings. The Labute approximate surface area is 71.0 Å². The van der Waals surface area contributed by atoms with E-state index in [0.29, 0.717) is 0 Å². The normalized spacial score (nSPS) is 12.2. The summed E-state index contributed by atoms with van der Waals surface area (Å²) in [5.74, 6) is -0.956. The lowest BCUT2D eigenvalue weighted by molar-refractivity contribution is 0.464. The summed E-state index contributed by atoms with van der Waals surface area (Å²) >= 11 is 0. The predicted octanol–water partition coefficient (Wildman–Crippen LogP) is 2.60. The number of rotatable bonds is 0. The van der Waals surface area contributed by atoms with E-state index in [1.165, 1.54) is 7.05 Å². The highest BCUT2D eigenvalue weighted by Gasteiger charge is 2.25. The van der Waals surface area contributed by atoms with E-state index in [0.717, 1.165) is 10.8 Å². The molecule has 0 aliphatic carbocycles. The molecule has 1 nitrogen and oxygen atoms in total. The molecular formula is C9H13F2N. The van der Waals surface area contributed by atoms with Crippen LogP contribution in [0.3, 0.4) is 0 Å². The molecule has 0 aromatic carbocycles. The summed E-state index contributed by atoms with van der Waals surface area (Å²) in [6.45, 7) is 5.36. The molecule has 0 saturated carbocycles. The lowest BCUT2D eigenvalue weighted by Crippen LogP contribution is -2.14. The predicted molar refractivity (Wildman–Crippen MR) is 44.0 cm³/mol. The van der Waals surface area contributed by atoms with Crippen LogP contribution in [0, 0.1) is 11.8 Å². The van der Waals surface area contributed by atoms with Gasteiger partial charge in [0, 0.05) is 18.8 Å². The molecule has 12 heavy (non-hydrogen) atoms. The van der Waals surface area contributed by atoms with Gasteiger partial charge in [0.05, 0.1) is 0 Å². The molecule has 0 aliphatic rings. The summed E-state index contributed by atoms with van der Waals surface area (Å²) in [5, 5.41) is 0. The van der Waals surface area contributed by atoms with Crippen molar-refractivity contribution in [3.05, 3.63) is 23.5 Å². The molecule has 1 aromatic heterocycles. The van der Waals surface area contributed by atoms with Crippen LogP contribution in [0.15, 0.2) is 6.20 Å². The maximum atomic E-state index is 13.2. The summed E-state index contributed by atoms with van der Waals surface area (Å²) in [6.07, 6.45) is 1.16. The molecule has 0 unspecified atom stereocenters. The molecule has 0 radical (unpaired) electrons. The van der Waals surface area contributed by atoms with Crippen LogP contribution in [-0.2, 0) is 12.5 Å². The Morgan fingerprint density at radius 3 is 1.92 bits per heavy atom. The van der Waals surface area contributed by atoms with Gasteiger partial charge in [-0.25, -0.2) is 4.39 Å². The van der Waals surface area contributed by atoms with Crippen LogP contribution in [0.5, 0.6) is 0 Å². The molecule has 1 rings (SSSR count). The molecule has 0 N–H and O–H groups in total. The van der Waals surface area contributed by atoms with E-state index in [-0.39, 0.29) is 5.56 Å². The number of hydrogen-bond acceptors (Lipinski definition) is 0. The Morgan fingerprint density at radius 2 is 1.75 bits per heavy atom. The second-order valence-electron chi connectivity index (χ2n) is 4.00. The molecule has 68 valence electrons. The van der Waals surface area contributed by atoms with Gasteiger partial charge in [0.15, 0.2) is 5.95 Å². The van der Waals surface area contributed by atoms with Crippen molar-refractivity contribution < 1.29 is 8.78 Å². The van der Waals surface area contributed by atoms with E-state index in [4.69, 9.17) is 0 Å². The first-order valence-corrected chi connectivity index (χ1v) is 3.85. The molecule has 0 saturated heterocycles. The molecule has 0 amide bonds. The van der Waals surface area contributed by atoms with E-state index in [1.807, 2.05) is 0 Å². The summed E-state index contributed by atoms with van der Waals surface area (Å²) in [6, 6.07) is 0. The van der Waals surface area contributed by atoms with Crippen molar-refractivity contribution in [2.24, 2.45) is 7.05 Å². The van der Waals surface area contributed by atoms with Crippen molar-refractivity contribution in [1.29, 1.82) is 0 Å². The molecule has 0 aliphatic heterocycles. The fraction of sp³-hybridized carbons (Fsp3) is 0.556. The number of aromatic nitrogens is 1. The van der Waals surface area contributed by atoms with Gasteiger partial charge in [-0.15, -0.1) is 0 Å². The first-order valence-electron chi connectivity index (χ1n) is 3.85. The topological polar surface area (TPSA) is 4.93 Å². The van der Waals surface area contributed by atoms with Crippen molar-refractivity contribution in [1.82, 2.24) is 4.57 Å². The highest BCUT2D eigenvalue weighted by Crippen LogP contribution is 2.28. The largest absolute Gasteiger partial charge is 0.325 e. The summed E-state index contributed by atoms with van der Waals surface area (Å²) in [5.41, 5.74) is -0.319. The third-order valence-electron chi connectivity index (χ3n) is 1.81. The van der Waals surface area contributed by atoms with Crippen molar-refractivity contribution in [3.8, 4) is 0 Å². The van der Waals surface area contributed by atoms with Gasteiger partial charge in [-0.2, -0.15) is 4.39 Å². The second-order valence-corrected chi connectivity index (χ2v) is 4.00. The van der Waals surface area contributed by atoms with Gasteiger partial charge in [0.1, 0.15) is 5.82 Å². The first kappa shape index (κ1) is 9.23. The van der Waals surface area contributed by atoms with E-state index >= 15 is 0 Å². The lowest BCUT2D eigenvalue weighted by atomic mass is 9.89. The zero-order valence-electron chi connectivity index (χ0n) is 7.78. The van der Waals surface area contributed by atoms with Gasteiger partial charge in [0.2, 0.25) is 0 Å². The fourth-order valence-corrected chi connectivity index (χ4v) is 1.23. The van der Waals surface area contributed by atoms with Crippen LogP contribution < -0.4 is 0 Å². The van der Waals surface area contributed by atoms with Gasteiger partial charge in [0.25, 0.3) is 0 Å². The van der Waals surface area contributed by atoms with E-state index in [1.54, 1.807) is 20.8 Å². The highest BCUT2D eigenvalue weighted by molar-refractivity contribution is 5.23. The maximum Gasteiger partial charge on any atom is 0.200 e. The smallest absolute Gasteiger partial charge is 0.200 e. The van der Waals surface area contributed by atoms with Gasteiger partial charge < -0.3 is 4.57 Å². The van der Waals surface area contributed by atoms with Gasteiger partial charge in [-0.05, 0) is 5.41 Å². The van der Waals surface area contributed by atoms with Crippen molar-refractivity contribution in [2.45, 2.75) is 26.2 Å². The Kier molecular flexibility index (Phi) is 1.98. The average Bonchev–Trinajstić information content (AvgIpc) is 2.05. The van der Waals surface area contributed by atoms with Gasteiger partial charge in [-0.3, -0.25) is 0 Å². The quantitative estimate of drug-likeness (QED) is 0.568. The number of halogens is 2. The van der Waals surface area contributed by atoms with Crippen LogP contribution in [0.1, 0.15) is 26.3 Å². The summed E-state index contributed by atoms with van der Waals surface area (Å²) < 4.78 is 27.5. The summed E-state index contributed by atoms with van der Waals surface area (Å²) in [4.78, 5) is 0. The van der Waals surface area contributed by atoms with Crippen LogP contribution in [0.2, 0.25) is 0 Å². The van der Waals surface area contributed by atoms with Crippen LogP contribution in [0.25, 0.3) is 0 Å². The molecule has 1 aromatic rings. The zero-order chi connectivity index (χ0) is 9.52. The third-order valence-corrected chi connectivity index (χ3v) is 1.81. The van der Waals surface area contributed by atoms with Crippen molar-refractivity contribution in [3.63, 3.8) is 0 Å². The van der Waals surface area contributed by atoms with Crippen molar-refractivity contribution >= 4 is 0 Å².